The van der Waals surface area contributed by atoms with Crippen molar-refractivity contribution in [3.05, 3.63) is 0 Å². The van der Waals surface area contributed by atoms with E-state index >= 15 is 0 Å². The summed E-state index contributed by atoms with van der Waals surface area (Å²) in [5.74, 6) is 17.6. The molecule has 0 aliphatic carbocycles. The lowest BCUT2D eigenvalue weighted by Crippen LogP contribution is -2.14. The average molecular weight is 344 g/mol. The van der Waals surface area contributed by atoms with Gasteiger partial charge in [0.2, 0.25) is 0 Å². The molecule has 1 N–H and O–H groups in total. The zero-order valence-electron chi connectivity index (χ0n) is 15.3. The number of aliphatic hydroxyl groups excluding tert-OH is 1. The van der Waals surface area contributed by atoms with Gasteiger partial charge in [-0.25, -0.2) is 0 Å². The van der Waals surface area contributed by atoms with Crippen LogP contribution in [0.2, 0.25) is 0 Å². The highest BCUT2D eigenvalue weighted by Crippen LogP contribution is 2.27. The highest BCUT2D eigenvalue weighted by Gasteiger charge is 2.43. The first-order valence-corrected chi connectivity index (χ1v) is 8.99. The van der Waals surface area contributed by atoms with Gasteiger partial charge in [0.15, 0.2) is 0 Å². The van der Waals surface area contributed by atoms with Crippen LogP contribution in [0.25, 0.3) is 0 Å². The monoisotopic (exact) mass is 344 g/mol. The van der Waals surface area contributed by atoms with Crippen LogP contribution < -0.4 is 0 Å². The topological polar surface area (TPSA) is 59.1 Å². The third-order valence-electron chi connectivity index (χ3n) is 3.73. The molecule has 0 aromatic rings. The molecule has 0 spiro atoms. The van der Waals surface area contributed by atoms with Crippen LogP contribution in [0.5, 0.6) is 0 Å². The number of hydrogen-bond donors (Lipinski definition) is 1. The first kappa shape index (κ1) is 21.1. The van der Waals surface area contributed by atoms with Gasteiger partial charge < -0.3 is 14.6 Å². The van der Waals surface area contributed by atoms with Crippen LogP contribution in [-0.2, 0) is 14.3 Å². The molecule has 1 saturated heterocycles. The number of ether oxygens (including phenoxy) is 2. The molecule has 136 valence electrons. The Labute approximate surface area is 151 Å². The van der Waals surface area contributed by atoms with Crippen molar-refractivity contribution in [1.82, 2.24) is 0 Å². The zero-order valence-corrected chi connectivity index (χ0v) is 15.3. The molecular weight excluding hydrogens is 316 g/mol. The van der Waals surface area contributed by atoms with Crippen molar-refractivity contribution in [1.29, 1.82) is 0 Å². The number of hydrogen-bond acceptors (Lipinski definition) is 4. The third kappa shape index (κ3) is 10.5. The van der Waals surface area contributed by atoms with Crippen LogP contribution in [0.1, 0.15) is 64.7 Å². The van der Waals surface area contributed by atoms with E-state index in [0.29, 0.717) is 32.1 Å². The smallest absolute Gasteiger partial charge is 0.305 e. The fourth-order valence-electron chi connectivity index (χ4n) is 2.18. The quantitative estimate of drug-likeness (QED) is 0.318. The average Bonchev–Trinajstić information content (AvgIpc) is 3.39. The molecule has 25 heavy (non-hydrogen) atoms. The second kappa shape index (κ2) is 13.4. The summed E-state index contributed by atoms with van der Waals surface area (Å²) in [6, 6.07) is 0. The van der Waals surface area contributed by atoms with E-state index in [-0.39, 0.29) is 18.2 Å². The molecule has 0 aromatic carbocycles. The Bertz CT molecular complexity index is 576. The summed E-state index contributed by atoms with van der Waals surface area (Å²) in [4.78, 5) is 10.9. The van der Waals surface area contributed by atoms with Gasteiger partial charge in [0.25, 0.3) is 0 Å². The Hall–Kier alpha value is -1.93. The van der Waals surface area contributed by atoms with E-state index in [1.807, 2.05) is 0 Å². The normalized spacial score (nSPS) is 18.5. The van der Waals surface area contributed by atoms with Gasteiger partial charge in [0, 0.05) is 25.7 Å². The first-order chi connectivity index (χ1) is 12.2. The molecule has 1 fully saturated rings. The molecule has 1 aliphatic rings. The summed E-state index contributed by atoms with van der Waals surface area (Å²) in [6.45, 7) is 2.17. The molecule has 0 aromatic heterocycles. The van der Waals surface area contributed by atoms with E-state index < -0.39 is 6.10 Å². The highest BCUT2D eigenvalue weighted by atomic mass is 16.6. The van der Waals surface area contributed by atoms with Crippen LogP contribution in [0.3, 0.4) is 0 Å². The summed E-state index contributed by atoms with van der Waals surface area (Å²) < 4.78 is 9.96. The Morgan fingerprint density at radius 3 is 2.64 bits per heavy atom. The van der Waals surface area contributed by atoms with E-state index in [1.54, 1.807) is 0 Å². The maximum Gasteiger partial charge on any atom is 0.305 e. The molecule has 1 aliphatic heterocycles. The maximum absolute atomic E-state index is 10.9. The van der Waals surface area contributed by atoms with Crippen molar-refractivity contribution in [3.8, 4) is 35.5 Å². The zero-order chi connectivity index (χ0) is 18.3. The van der Waals surface area contributed by atoms with Crippen molar-refractivity contribution < 1.29 is 19.4 Å². The maximum atomic E-state index is 10.9. The molecule has 0 unspecified atom stereocenters. The summed E-state index contributed by atoms with van der Waals surface area (Å²) in [5.41, 5.74) is 0. The van der Waals surface area contributed by atoms with Crippen LogP contribution in [0, 0.1) is 35.5 Å². The third-order valence-corrected chi connectivity index (χ3v) is 3.73. The minimum absolute atomic E-state index is 0.0439. The predicted octanol–water partition coefficient (Wildman–Crippen LogP) is 2.83. The number of epoxide rings is 1. The molecule has 0 saturated carbocycles. The minimum atomic E-state index is -0.770. The van der Waals surface area contributed by atoms with Crippen molar-refractivity contribution in [2.24, 2.45) is 0 Å². The summed E-state index contributed by atoms with van der Waals surface area (Å²) in [6.07, 6.45) is 6.24. The van der Waals surface area contributed by atoms with Crippen molar-refractivity contribution in [2.75, 3.05) is 7.11 Å². The Kier molecular flexibility index (Phi) is 11.3. The summed E-state index contributed by atoms with van der Waals surface area (Å²) >= 11 is 0. The Balaban J connectivity index is 2.11. The van der Waals surface area contributed by atoms with Crippen molar-refractivity contribution in [3.63, 3.8) is 0 Å². The van der Waals surface area contributed by atoms with Gasteiger partial charge in [0.05, 0.1) is 19.6 Å². The highest BCUT2D eigenvalue weighted by molar-refractivity contribution is 5.69. The molecule has 0 bridgehead atoms. The number of rotatable bonds is 8. The van der Waals surface area contributed by atoms with Crippen LogP contribution in [0.15, 0.2) is 0 Å². The Morgan fingerprint density at radius 2 is 1.88 bits per heavy atom. The van der Waals surface area contributed by atoms with Gasteiger partial charge in [-0.2, -0.15) is 0 Å². The second-order valence-corrected chi connectivity index (χ2v) is 5.88. The van der Waals surface area contributed by atoms with Gasteiger partial charge in [-0.15, -0.1) is 17.8 Å². The van der Waals surface area contributed by atoms with Gasteiger partial charge in [-0.1, -0.05) is 37.5 Å². The van der Waals surface area contributed by atoms with Crippen LogP contribution >= 0.6 is 0 Å². The number of methoxy groups -OCH3 is 1. The van der Waals surface area contributed by atoms with Gasteiger partial charge in [-0.3, -0.25) is 4.79 Å². The van der Waals surface area contributed by atoms with Crippen molar-refractivity contribution >= 4 is 5.97 Å². The van der Waals surface area contributed by atoms with Crippen LogP contribution in [-0.4, -0.2) is 36.5 Å². The molecule has 1 heterocycles. The van der Waals surface area contributed by atoms with Gasteiger partial charge >= 0.3 is 5.97 Å². The lowest BCUT2D eigenvalue weighted by Gasteiger charge is -1.95. The number of carbonyl (C=O) groups excluding carboxylic acids is 1. The number of aliphatic hydroxyl groups is 1. The summed E-state index contributed by atoms with van der Waals surface area (Å²) in [5, 5.41) is 9.91. The predicted molar refractivity (Wildman–Crippen MR) is 97.2 cm³/mol. The fourth-order valence-corrected chi connectivity index (χ4v) is 2.18. The molecule has 3 atom stereocenters. The van der Waals surface area contributed by atoms with E-state index in [2.05, 4.69) is 47.2 Å². The Morgan fingerprint density at radius 1 is 1.12 bits per heavy atom. The SMILES string of the molecule is CCCCCC#CCC#C[C@H](O)[C@H]1O[C@@H]1CC#CCCCC(=O)OC. The van der Waals surface area contributed by atoms with E-state index in [1.165, 1.54) is 20.0 Å². The molecule has 0 amide bonds. The summed E-state index contributed by atoms with van der Waals surface area (Å²) in [7, 11) is 1.38. The molecule has 4 heteroatoms. The van der Waals surface area contributed by atoms with Gasteiger partial charge in [0.1, 0.15) is 12.2 Å². The molecule has 0 radical (unpaired) electrons. The number of carbonyl (C=O) groups is 1. The molecule has 4 nitrogen and oxygen atoms in total. The number of unbranched alkanes of at least 4 members (excludes halogenated alkanes) is 4. The van der Waals surface area contributed by atoms with E-state index in [9.17, 15) is 9.90 Å². The van der Waals surface area contributed by atoms with Gasteiger partial charge in [-0.05, 0) is 12.8 Å². The molecule has 1 rings (SSSR count). The second-order valence-electron chi connectivity index (χ2n) is 5.88. The van der Waals surface area contributed by atoms with E-state index in [0.717, 1.165) is 12.8 Å². The fraction of sp³-hybridized carbons (Fsp3) is 0.667. The molecular formula is C21H28O4. The minimum Gasteiger partial charge on any atom is -0.469 e. The largest absolute Gasteiger partial charge is 0.469 e. The lowest BCUT2D eigenvalue weighted by atomic mass is 10.1. The lowest BCUT2D eigenvalue weighted by molar-refractivity contribution is -0.140. The first-order valence-electron chi connectivity index (χ1n) is 8.99. The number of esters is 1. The van der Waals surface area contributed by atoms with E-state index in [4.69, 9.17) is 4.74 Å². The standard InChI is InChI=1S/C21H28O4/c1-3-4-5-6-7-8-9-12-15-18(22)21-19(25-21)16-13-10-11-14-17-20(23)24-2/h18-19,21-22H,3-6,9,11,14,16-17H2,1-2H3/t18-,19+,21+/m0/s1. The van der Waals surface area contributed by atoms with Crippen molar-refractivity contribution in [2.45, 2.75) is 83.0 Å². The van der Waals surface area contributed by atoms with Crippen LogP contribution in [0.4, 0.5) is 0 Å².